The summed E-state index contributed by atoms with van der Waals surface area (Å²) >= 11 is 12.7. The summed E-state index contributed by atoms with van der Waals surface area (Å²) in [6.07, 6.45) is 7.45. The van der Waals surface area contributed by atoms with Gasteiger partial charge in [-0.25, -0.2) is 9.37 Å². The van der Waals surface area contributed by atoms with Crippen molar-refractivity contribution in [2.24, 2.45) is 0 Å². The van der Waals surface area contributed by atoms with E-state index in [0.29, 0.717) is 46.2 Å². The van der Waals surface area contributed by atoms with Gasteiger partial charge in [-0.2, -0.15) is 4.68 Å². The van der Waals surface area contributed by atoms with Gasteiger partial charge in [0.05, 0.1) is 17.4 Å². The fraction of sp³-hybridized carbons (Fsp3) is 0.231. The minimum Gasteiger partial charge on any atom is -0.343 e. The molecule has 0 saturated carbocycles. The van der Waals surface area contributed by atoms with Gasteiger partial charge in [-0.05, 0) is 65.7 Å². The second-order valence-corrected chi connectivity index (χ2v) is 9.79. The lowest BCUT2D eigenvalue weighted by Crippen LogP contribution is -2.27. The fourth-order valence-electron chi connectivity index (χ4n) is 4.36. The standard InChI is InChI=1S/C26H23Cl2FN8O2/c27-16-7-10-21(37-14-30-35-36-37)15(12-16)6-11-23(39)31-19-4-2-1-3-5-22(38)32-20-13-17(29)8-9-18(20)24-25(28)34-26(19)33-24/h6-14,19H,1-5H2,(H,31,39)(H,32,38)(H,33,34)/b11-6+/t19-/m0/s1. The van der Waals surface area contributed by atoms with Gasteiger partial charge in [0.15, 0.2) is 0 Å². The van der Waals surface area contributed by atoms with Crippen LogP contribution < -0.4 is 10.6 Å². The Balaban J connectivity index is 1.42. The molecular formula is C26H23Cl2FN8O2. The molecule has 1 aliphatic heterocycles. The summed E-state index contributed by atoms with van der Waals surface area (Å²) in [6.45, 7) is 0. The zero-order valence-corrected chi connectivity index (χ0v) is 22.0. The van der Waals surface area contributed by atoms with Crippen molar-refractivity contribution in [3.8, 4) is 16.9 Å². The SMILES string of the molecule is O=C(/C=C/c1cc(Cl)ccc1-n1cnnn1)N[C@H]1CCCCCC(=O)Nc2cc(F)ccc2-c2nc1[nH]c2Cl. The Labute approximate surface area is 232 Å². The van der Waals surface area contributed by atoms with Crippen molar-refractivity contribution in [1.82, 2.24) is 35.5 Å². The highest BCUT2D eigenvalue weighted by Crippen LogP contribution is 2.34. The van der Waals surface area contributed by atoms with Crippen molar-refractivity contribution < 1.29 is 14.0 Å². The molecule has 39 heavy (non-hydrogen) atoms. The number of nitrogens with zero attached hydrogens (tertiary/aromatic N) is 5. The van der Waals surface area contributed by atoms with Gasteiger partial charge < -0.3 is 15.6 Å². The van der Waals surface area contributed by atoms with Crippen LogP contribution in [0.25, 0.3) is 23.0 Å². The third-order valence-electron chi connectivity index (χ3n) is 6.23. The third-order valence-corrected chi connectivity index (χ3v) is 6.74. The molecule has 10 nitrogen and oxygen atoms in total. The quantitative estimate of drug-likeness (QED) is 0.287. The molecule has 3 heterocycles. The maximum absolute atomic E-state index is 14.0. The number of carbonyl (C=O) groups is 2. The minimum absolute atomic E-state index is 0.212. The number of tetrazole rings is 1. The number of aromatic amines is 1. The van der Waals surface area contributed by atoms with Crippen molar-refractivity contribution in [3.05, 3.63) is 76.2 Å². The molecule has 4 aromatic rings. The topological polar surface area (TPSA) is 130 Å². The number of rotatable bonds is 4. The van der Waals surface area contributed by atoms with E-state index in [2.05, 4.69) is 36.1 Å². The van der Waals surface area contributed by atoms with Crippen LogP contribution in [-0.4, -0.2) is 42.0 Å². The Bertz CT molecular complexity index is 1540. The number of halogens is 3. The minimum atomic E-state index is -0.495. The van der Waals surface area contributed by atoms with Crippen LogP contribution in [0.5, 0.6) is 0 Å². The first kappa shape index (κ1) is 26.5. The molecule has 200 valence electrons. The van der Waals surface area contributed by atoms with E-state index in [9.17, 15) is 14.0 Å². The monoisotopic (exact) mass is 568 g/mol. The maximum Gasteiger partial charge on any atom is 0.244 e. The summed E-state index contributed by atoms with van der Waals surface area (Å²) in [6, 6.07) is 8.70. The molecule has 3 N–H and O–H groups in total. The first-order chi connectivity index (χ1) is 18.9. The summed E-state index contributed by atoms with van der Waals surface area (Å²) in [4.78, 5) is 33.2. The second kappa shape index (κ2) is 11.7. The number of hydrogen-bond acceptors (Lipinski definition) is 6. The number of H-pyrrole nitrogens is 1. The highest BCUT2D eigenvalue weighted by atomic mass is 35.5. The highest BCUT2D eigenvalue weighted by Gasteiger charge is 2.23. The summed E-state index contributed by atoms with van der Waals surface area (Å²) in [7, 11) is 0. The van der Waals surface area contributed by atoms with Crippen LogP contribution in [0.4, 0.5) is 10.1 Å². The van der Waals surface area contributed by atoms with E-state index in [1.54, 1.807) is 24.3 Å². The Morgan fingerprint density at radius 1 is 1.15 bits per heavy atom. The Hall–Kier alpha value is -4.09. The average molecular weight is 569 g/mol. The van der Waals surface area contributed by atoms with Gasteiger partial charge in [0.25, 0.3) is 0 Å². The molecule has 2 amide bonds. The number of amides is 2. The molecule has 13 heteroatoms. The van der Waals surface area contributed by atoms with Crippen LogP contribution in [0.1, 0.15) is 49.5 Å². The molecule has 0 aliphatic carbocycles. The molecule has 0 saturated heterocycles. The Kier molecular flexibility index (Phi) is 7.99. The maximum atomic E-state index is 14.0. The van der Waals surface area contributed by atoms with Crippen LogP contribution in [0.2, 0.25) is 10.2 Å². The smallest absolute Gasteiger partial charge is 0.244 e. The molecule has 0 spiro atoms. The molecule has 0 fully saturated rings. The number of fused-ring (bicyclic) bond motifs is 4. The van der Waals surface area contributed by atoms with E-state index in [0.717, 1.165) is 12.8 Å². The van der Waals surface area contributed by atoms with E-state index in [-0.39, 0.29) is 29.1 Å². The van der Waals surface area contributed by atoms with Gasteiger partial charge in [-0.3, -0.25) is 9.59 Å². The summed E-state index contributed by atoms with van der Waals surface area (Å²) in [5, 5.41) is 17.7. The van der Waals surface area contributed by atoms with Crippen molar-refractivity contribution in [2.75, 3.05) is 5.32 Å². The first-order valence-electron chi connectivity index (χ1n) is 12.2. The normalized spacial score (nSPS) is 16.1. The van der Waals surface area contributed by atoms with Crippen LogP contribution in [0.3, 0.4) is 0 Å². The molecule has 2 aromatic heterocycles. The van der Waals surface area contributed by atoms with Crippen molar-refractivity contribution >= 4 is 46.8 Å². The zero-order chi connectivity index (χ0) is 27.4. The van der Waals surface area contributed by atoms with Gasteiger partial charge >= 0.3 is 0 Å². The molecule has 5 rings (SSSR count). The van der Waals surface area contributed by atoms with Crippen molar-refractivity contribution in [1.29, 1.82) is 0 Å². The predicted octanol–water partition coefficient (Wildman–Crippen LogP) is 5.27. The summed E-state index contributed by atoms with van der Waals surface area (Å²) in [5.41, 5.74) is 2.39. The number of carbonyl (C=O) groups excluding carboxylic acids is 2. The number of aromatic nitrogens is 6. The zero-order valence-electron chi connectivity index (χ0n) is 20.5. The fourth-order valence-corrected chi connectivity index (χ4v) is 4.79. The molecule has 1 aliphatic rings. The number of anilines is 1. The van der Waals surface area contributed by atoms with Crippen LogP contribution in [0, 0.1) is 5.82 Å². The van der Waals surface area contributed by atoms with Gasteiger partial charge in [0.2, 0.25) is 11.8 Å². The van der Waals surface area contributed by atoms with Crippen molar-refractivity contribution in [3.63, 3.8) is 0 Å². The first-order valence-corrected chi connectivity index (χ1v) is 13.0. The number of imidazole rings is 1. The number of hydrogen-bond donors (Lipinski definition) is 3. The van der Waals surface area contributed by atoms with E-state index >= 15 is 0 Å². The molecule has 1 atom stereocenters. The largest absolute Gasteiger partial charge is 0.343 e. The van der Waals surface area contributed by atoms with E-state index in [1.165, 1.54) is 35.3 Å². The summed E-state index contributed by atoms with van der Waals surface area (Å²) in [5.74, 6) is -0.620. The number of benzene rings is 2. The van der Waals surface area contributed by atoms with Crippen LogP contribution in [0.15, 0.2) is 48.8 Å². The van der Waals surface area contributed by atoms with Crippen LogP contribution in [-0.2, 0) is 9.59 Å². The van der Waals surface area contributed by atoms with Gasteiger partial charge in [0.1, 0.15) is 28.8 Å². The number of nitrogens with one attached hydrogen (secondary N) is 3. The molecular weight excluding hydrogens is 546 g/mol. The lowest BCUT2D eigenvalue weighted by molar-refractivity contribution is -0.117. The lowest BCUT2D eigenvalue weighted by atomic mass is 10.1. The van der Waals surface area contributed by atoms with E-state index in [4.69, 9.17) is 23.2 Å². The Morgan fingerprint density at radius 3 is 2.85 bits per heavy atom. The predicted molar refractivity (Wildman–Crippen MR) is 145 cm³/mol. The summed E-state index contributed by atoms with van der Waals surface area (Å²) < 4.78 is 15.5. The third kappa shape index (κ3) is 6.32. The van der Waals surface area contributed by atoms with Gasteiger partial charge in [-0.15, -0.1) is 5.10 Å². The van der Waals surface area contributed by atoms with Crippen molar-refractivity contribution in [2.45, 2.75) is 38.1 Å². The van der Waals surface area contributed by atoms with E-state index < -0.39 is 11.9 Å². The molecule has 0 radical (unpaired) electrons. The van der Waals surface area contributed by atoms with E-state index in [1.807, 2.05) is 0 Å². The molecule has 2 aromatic carbocycles. The average Bonchev–Trinajstić information content (AvgIpc) is 3.57. The van der Waals surface area contributed by atoms with Crippen LogP contribution >= 0.6 is 23.2 Å². The van der Waals surface area contributed by atoms with Gasteiger partial charge in [-0.1, -0.05) is 36.0 Å². The van der Waals surface area contributed by atoms with Gasteiger partial charge in [0, 0.05) is 28.6 Å². The Morgan fingerprint density at radius 2 is 2.03 bits per heavy atom. The lowest BCUT2D eigenvalue weighted by Gasteiger charge is -2.16. The molecule has 2 bridgehead atoms. The highest BCUT2D eigenvalue weighted by molar-refractivity contribution is 6.32. The second-order valence-electron chi connectivity index (χ2n) is 8.97. The molecule has 0 unspecified atom stereocenters.